The Kier molecular flexibility index (Phi) is 4.08. The fraction of sp³-hybridized carbons (Fsp3) is 0.308. The summed E-state index contributed by atoms with van der Waals surface area (Å²) in [6, 6.07) is 10.7. The molecule has 1 atom stereocenters. The highest BCUT2D eigenvalue weighted by Gasteiger charge is 2.12. The summed E-state index contributed by atoms with van der Waals surface area (Å²) in [6.07, 6.45) is 2.81. The van der Waals surface area contributed by atoms with Crippen molar-refractivity contribution in [1.82, 2.24) is 10.3 Å². The van der Waals surface area contributed by atoms with Gasteiger partial charge in [0.25, 0.3) is 0 Å². The topological polar surface area (TPSA) is 24.9 Å². The van der Waals surface area contributed by atoms with Crippen LogP contribution in [0.3, 0.4) is 0 Å². The lowest BCUT2D eigenvalue weighted by Gasteiger charge is -2.15. The van der Waals surface area contributed by atoms with Crippen LogP contribution in [0.5, 0.6) is 0 Å². The molecule has 16 heavy (non-hydrogen) atoms. The average molecular weight is 232 g/mol. The van der Waals surface area contributed by atoms with Gasteiger partial charge < -0.3 is 5.32 Å². The Balaban J connectivity index is 2.09. The van der Waals surface area contributed by atoms with Gasteiger partial charge in [-0.3, -0.25) is 4.98 Å². The van der Waals surface area contributed by atoms with E-state index in [9.17, 15) is 0 Å². The quantitative estimate of drug-likeness (QED) is 0.857. The Morgan fingerprint density at radius 1 is 1.31 bits per heavy atom. The van der Waals surface area contributed by atoms with Gasteiger partial charge in [-0.2, -0.15) is 0 Å². The van der Waals surface area contributed by atoms with Crippen molar-refractivity contribution in [3.05, 3.63) is 52.5 Å². The van der Waals surface area contributed by atoms with Crippen LogP contribution in [0, 0.1) is 0 Å². The Hall–Kier alpha value is -1.19. The summed E-state index contributed by atoms with van der Waals surface area (Å²) in [5.41, 5.74) is 1.14. The first-order valence-electron chi connectivity index (χ1n) is 5.57. The molecule has 0 saturated heterocycles. The zero-order chi connectivity index (χ0) is 11.2. The number of nitrogens with zero attached hydrogens (tertiary/aromatic N) is 1. The van der Waals surface area contributed by atoms with Crippen molar-refractivity contribution in [2.24, 2.45) is 0 Å². The summed E-state index contributed by atoms with van der Waals surface area (Å²) >= 11 is 1.80. The van der Waals surface area contributed by atoms with E-state index in [0.717, 1.165) is 18.7 Å². The predicted molar refractivity (Wildman–Crippen MR) is 68.7 cm³/mol. The minimum absolute atomic E-state index is 0.389. The normalized spacial score (nSPS) is 12.6. The molecule has 1 N–H and O–H groups in total. The molecule has 0 aliphatic heterocycles. The van der Waals surface area contributed by atoms with Gasteiger partial charge in [-0.1, -0.05) is 19.1 Å². The highest BCUT2D eigenvalue weighted by atomic mass is 32.1. The minimum Gasteiger partial charge on any atom is -0.309 e. The van der Waals surface area contributed by atoms with Gasteiger partial charge in [0.15, 0.2) is 0 Å². The summed E-state index contributed by atoms with van der Waals surface area (Å²) in [5.74, 6) is 0. The molecule has 0 bridgehead atoms. The first kappa shape index (κ1) is 11.3. The highest BCUT2D eigenvalue weighted by Crippen LogP contribution is 2.21. The van der Waals surface area contributed by atoms with E-state index in [1.54, 1.807) is 11.3 Å². The summed E-state index contributed by atoms with van der Waals surface area (Å²) in [6.45, 7) is 3.12. The largest absolute Gasteiger partial charge is 0.309 e. The van der Waals surface area contributed by atoms with Crippen LogP contribution in [0.15, 0.2) is 41.9 Å². The molecular weight excluding hydrogens is 216 g/mol. The number of rotatable bonds is 5. The van der Waals surface area contributed by atoms with Crippen molar-refractivity contribution < 1.29 is 0 Å². The zero-order valence-electron chi connectivity index (χ0n) is 9.39. The van der Waals surface area contributed by atoms with Crippen LogP contribution in [0.4, 0.5) is 0 Å². The van der Waals surface area contributed by atoms with Gasteiger partial charge in [-0.25, -0.2) is 0 Å². The standard InChI is InChI=1S/C13H16N2S/c1-2-14-12(13-7-5-9-16-13)10-11-6-3-4-8-15-11/h3-9,12,14H,2,10H2,1H3. The van der Waals surface area contributed by atoms with Gasteiger partial charge in [-0.05, 0) is 30.1 Å². The molecule has 0 aliphatic carbocycles. The van der Waals surface area contributed by atoms with E-state index < -0.39 is 0 Å². The second-order valence-electron chi connectivity index (χ2n) is 3.65. The third-order valence-corrected chi connectivity index (χ3v) is 3.46. The van der Waals surface area contributed by atoms with E-state index in [-0.39, 0.29) is 0 Å². The molecule has 0 radical (unpaired) electrons. The minimum atomic E-state index is 0.389. The molecule has 84 valence electrons. The number of likely N-dealkylation sites (N-methyl/N-ethyl adjacent to an activating group) is 1. The van der Waals surface area contributed by atoms with Gasteiger partial charge in [0.05, 0.1) is 0 Å². The lowest BCUT2D eigenvalue weighted by atomic mass is 10.1. The lowest BCUT2D eigenvalue weighted by Crippen LogP contribution is -2.22. The fourth-order valence-electron chi connectivity index (χ4n) is 1.74. The van der Waals surface area contributed by atoms with Gasteiger partial charge in [0.2, 0.25) is 0 Å². The van der Waals surface area contributed by atoms with Crippen LogP contribution in [-0.2, 0) is 6.42 Å². The number of hydrogen-bond acceptors (Lipinski definition) is 3. The number of thiophene rings is 1. The molecule has 2 aromatic rings. The molecule has 0 saturated carbocycles. The second kappa shape index (κ2) is 5.77. The van der Waals surface area contributed by atoms with Crippen LogP contribution in [0.1, 0.15) is 23.5 Å². The van der Waals surface area contributed by atoms with Crippen molar-refractivity contribution >= 4 is 11.3 Å². The maximum absolute atomic E-state index is 4.38. The van der Waals surface area contributed by atoms with Crippen molar-refractivity contribution in [3.63, 3.8) is 0 Å². The number of pyridine rings is 1. The van der Waals surface area contributed by atoms with Gasteiger partial charge in [0, 0.05) is 29.2 Å². The third-order valence-electron chi connectivity index (χ3n) is 2.48. The Morgan fingerprint density at radius 3 is 2.88 bits per heavy atom. The number of aromatic nitrogens is 1. The summed E-state index contributed by atoms with van der Waals surface area (Å²) in [4.78, 5) is 5.76. The van der Waals surface area contributed by atoms with Crippen molar-refractivity contribution in [1.29, 1.82) is 0 Å². The molecule has 2 rings (SSSR count). The number of nitrogens with one attached hydrogen (secondary N) is 1. The van der Waals surface area contributed by atoms with Crippen LogP contribution in [-0.4, -0.2) is 11.5 Å². The molecule has 3 heteroatoms. The van der Waals surface area contributed by atoms with E-state index >= 15 is 0 Å². The molecule has 1 unspecified atom stereocenters. The highest BCUT2D eigenvalue weighted by molar-refractivity contribution is 7.10. The second-order valence-corrected chi connectivity index (χ2v) is 4.63. The van der Waals surface area contributed by atoms with Gasteiger partial charge in [-0.15, -0.1) is 11.3 Å². The first-order chi connectivity index (χ1) is 7.90. The first-order valence-corrected chi connectivity index (χ1v) is 6.45. The Morgan fingerprint density at radius 2 is 2.25 bits per heavy atom. The van der Waals surface area contributed by atoms with E-state index in [1.165, 1.54) is 4.88 Å². The molecule has 2 heterocycles. The van der Waals surface area contributed by atoms with Crippen molar-refractivity contribution in [2.45, 2.75) is 19.4 Å². The molecular formula is C13H16N2S. The Bertz CT molecular complexity index is 397. The molecule has 2 nitrogen and oxygen atoms in total. The third kappa shape index (κ3) is 2.90. The zero-order valence-corrected chi connectivity index (χ0v) is 10.2. The smallest absolute Gasteiger partial charge is 0.0470 e. The molecule has 0 spiro atoms. The van der Waals surface area contributed by atoms with Gasteiger partial charge >= 0.3 is 0 Å². The average Bonchev–Trinajstić information content (AvgIpc) is 2.83. The monoisotopic (exact) mass is 232 g/mol. The lowest BCUT2D eigenvalue weighted by molar-refractivity contribution is 0.552. The Labute approximate surface area is 100 Å². The molecule has 0 aromatic carbocycles. The molecule has 0 fully saturated rings. The summed E-state index contributed by atoms with van der Waals surface area (Å²) in [5, 5.41) is 5.63. The molecule has 0 amide bonds. The maximum Gasteiger partial charge on any atom is 0.0470 e. The van der Waals surface area contributed by atoms with Crippen molar-refractivity contribution in [2.75, 3.05) is 6.54 Å². The maximum atomic E-state index is 4.38. The number of hydrogen-bond donors (Lipinski definition) is 1. The van der Waals surface area contributed by atoms with Crippen LogP contribution >= 0.6 is 11.3 Å². The molecule has 2 aromatic heterocycles. The SMILES string of the molecule is CCNC(Cc1ccccn1)c1cccs1. The van der Waals surface area contributed by atoms with Gasteiger partial charge in [0.1, 0.15) is 0 Å². The van der Waals surface area contributed by atoms with E-state index in [0.29, 0.717) is 6.04 Å². The summed E-state index contributed by atoms with van der Waals surface area (Å²) in [7, 11) is 0. The fourth-order valence-corrected chi connectivity index (χ4v) is 2.54. The van der Waals surface area contributed by atoms with Crippen LogP contribution in [0.2, 0.25) is 0 Å². The van der Waals surface area contributed by atoms with E-state index in [4.69, 9.17) is 0 Å². The molecule has 0 aliphatic rings. The van der Waals surface area contributed by atoms with E-state index in [2.05, 4.69) is 40.8 Å². The van der Waals surface area contributed by atoms with Crippen LogP contribution < -0.4 is 5.32 Å². The predicted octanol–water partition coefficient (Wildman–Crippen LogP) is 3.04. The summed E-state index contributed by atoms with van der Waals surface area (Å²) < 4.78 is 0. The van der Waals surface area contributed by atoms with Crippen molar-refractivity contribution in [3.8, 4) is 0 Å². The van der Waals surface area contributed by atoms with Crippen LogP contribution in [0.25, 0.3) is 0 Å². The van der Waals surface area contributed by atoms with E-state index in [1.807, 2.05) is 18.3 Å².